The molecule has 0 saturated heterocycles. The number of nitrogen functional groups attached to an aromatic ring is 1. The Morgan fingerprint density at radius 1 is 0.816 bits per heavy atom. The number of ketones is 2. The van der Waals surface area contributed by atoms with E-state index in [1.807, 2.05) is 0 Å². The van der Waals surface area contributed by atoms with Crippen molar-refractivity contribution in [2.75, 3.05) is 22.6 Å². The third kappa shape index (κ3) is 5.45. The number of nitrogens with one attached hydrogen (secondary N) is 1. The van der Waals surface area contributed by atoms with E-state index >= 15 is 0 Å². The number of rotatable bonds is 8. The first-order valence-corrected chi connectivity index (χ1v) is 16.5. The minimum Gasteiger partial charge on any atom is -0.397 e. The van der Waals surface area contributed by atoms with Crippen LogP contribution >= 0.6 is 10.8 Å². The molecule has 12 nitrogen and oxygen atoms in total. The molecule has 3 aromatic rings. The van der Waals surface area contributed by atoms with Crippen molar-refractivity contribution in [1.29, 1.82) is 0 Å². The van der Waals surface area contributed by atoms with E-state index in [0.717, 1.165) is 12.1 Å². The number of hydrogen-bond acceptors (Lipinski definition) is 11. The van der Waals surface area contributed by atoms with E-state index < -0.39 is 68.3 Å². The summed E-state index contributed by atoms with van der Waals surface area (Å²) in [5, 5.41) is 2.74. The zero-order valence-corrected chi connectivity index (χ0v) is 22.2. The van der Waals surface area contributed by atoms with Gasteiger partial charge in [0.15, 0.2) is 21.4 Å². The van der Waals surface area contributed by atoms with E-state index in [-0.39, 0.29) is 43.8 Å². The molecular weight excluding hydrogens is 581 g/mol. The maximum atomic E-state index is 13.4. The highest BCUT2D eigenvalue weighted by atomic mass is 33.1. The zero-order valence-electron chi connectivity index (χ0n) is 19.0. The molecule has 0 aromatic heterocycles. The maximum Gasteiger partial charge on any atom is 0.319 e. The lowest BCUT2D eigenvalue weighted by molar-refractivity contribution is 0.0980. The van der Waals surface area contributed by atoms with E-state index in [1.165, 1.54) is 42.5 Å². The SMILES string of the molecule is Nc1c(S(=O)(=O)O)cc(Nc2cccc(S(=O)(=O)CCSS(=O)(=O)O)c2)c2c1C(=O)c1ccccc1C2=O. The van der Waals surface area contributed by atoms with Gasteiger partial charge in [-0.3, -0.25) is 18.7 Å². The van der Waals surface area contributed by atoms with Crippen LogP contribution in [0.1, 0.15) is 31.8 Å². The molecule has 38 heavy (non-hydrogen) atoms. The molecule has 0 saturated carbocycles. The second kappa shape index (κ2) is 9.79. The normalized spacial score (nSPS) is 13.6. The minimum atomic E-state index is -4.95. The Bertz CT molecular complexity index is 1830. The Hall–Kier alpha value is -3.28. The van der Waals surface area contributed by atoms with Crippen molar-refractivity contribution in [3.8, 4) is 0 Å². The van der Waals surface area contributed by atoms with Gasteiger partial charge in [-0.05, 0) is 35.1 Å². The number of sulfone groups is 1. The fourth-order valence-electron chi connectivity index (χ4n) is 3.90. The Morgan fingerprint density at radius 2 is 1.42 bits per heavy atom. The number of carbonyl (C=O) groups excluding carboxylic acids is 2. The molecule has 16 heteroatoms. The average molecular weight is 599 g/mol. The fraction of sp³-hybridized carbons (Fsp3) is 0.0909. The molecule has 0 spiro atoms. The van der Waals surface area contributed by atoms with Gasteiger partial charge >= 0.3 is 9.15 Å². The van der Waals surface area contributed by atoms with Crippen LogP contribution < -0.4 is 11.1 Å². The molecule has 5 N–H and O–H groups in total. The number of hydrogen-bond donors (Lipinski definition) is 4. The lowest BCUT2D eigenvalue weighted by Crippen LogP contribution is -2.25. The monoisotopic (exact) mass is 598 g/mol. The standard InChI is InChI=1S/C22H18N2O10S4/c23-20-17(37(29,30)31)11-16(18-19(20)22(26)15-7-2-1-6-14(15)21(18)25)24-12-4-3-5-13(10-12)36(27,28)9-8-35-38(32,33)34/h1-7,10-11,24H,8-9,23H2,(H,29,30,31)(H,32,33,34). The molecule has 0 unspecified atom stereocenters. The van der Waals surface area contributed by atoms with Gasteiger partial charge in [-0.25, -0.2) is 8.42 Å². The first-order valence-electron chi connectivity index (χ1n) is 10.4. The Kier molecular flexibility index (Phi) is 7.15. The molecule has 0 amide bonds. The van der Waals surface area contributed by atoms with Crippen molar-refractivity contribution in [2.24, 2.45) is 0 Å². The summed E-state index contributed by atoms with van der Waals surface area (Å²) < 4.78 is 89.7. The average Bonchev–Trinajstić information content (AvgIpc) is 2.82. The largest absolute Gasteiger partial charge is 0.397 e. The lowest BCUT2D eigenvalue weighted by Gasteiger charge is -2.23. The molecular formula is C22H18N2O10S4. The van der Waals surface area contributed by atoms with Crippen molar-refractivity contribution in [3.05, 3.63) is 76.9 Å². The highest BCUT2D eigenvalue weighted by Gasteiger charge is 2.36. The topological polar surface area (TPSA) is 215 Å². The first kappa shape index (κ1) is 27.7. The molecule has 0 heterocycles. The molecule has 3 aromatic carbocycles. The summed E-state index contributed by atoms with van der Waals surface area (Å²) in [6.45, 7) is 0. The zero-order chi connectivity index (χ0) is 28.0. The van der Waals surface area contributed by atoms with Crippen molar-refractivity contribution < 1.29 is 43.9 Å². The first-order chi connectivity index (χ1) is 17.6. The molecule has 1 aliphatic carbocycles. The van der Waals surface area contributed by atoms with Crippen LogP contribution in [0.4, 0.5) is 17.1 Å². The summed E-state index contributed by atoms with van der Waals surface area (Å²) in [7, 11) is -13.4. The predicted octanol–water partition coefficient (Wildman–Crippen LogP) is 2.34. The van der Waals surface area contributed by atoms with Gasteiger partial charge in [-0.15, -0.1) is 0 Å². The summed E-state index contributed by atoms with van der Waals surface area (Å²) in [6.07, 6.45) is 0. The van der Waals surface area contributed by atoms with Crippen LogP contribution in [0.15, 0.2) is 64.4 Å². The smallest absolute Gasteiger partial charge is 0.319 e. The summed E-state index contributed by atoms with van der Waals surface area (Å²) >= 11 is 0. The molecule has 0 radical (unpaired) electrons. The quantitative estimate of drug-likeness (QED) is 0.130. The van der Waals surface area contributed by atoms with Crippen molar-refractivity contribution in [1.82, 2.24) is 0 Å². The van der Waals surface area contributed by atoms with E-state index in [2.05, 4.69) is 5.32 Å². The molecule has 0 bridgehead atoms. The van der Waals surface area contributed by atoms with Gasteiger partial charge in [-0.2, -0.15) is 16.8 Å². The van der Waals surface area contributed by atoms with Crippen LogP contribution in [0.3, 0.4) is 0 Å². The highest BCUT2D eigenvalue weighted by molar-refractivity contribution is 8.70. The molecule has 0 fully saturated rings. The second-order valence-corrected chi connectivity index (χ2v) is 15.0. The van der Waals surface area contributed by atoms with E-state index in [1.54, 1.807) is 0 Å². The second-order valence-electron chi connectivity index (χ2n) is 7.99. The molecule has 0 atom stereocenters. The third-order valence-corrected chi connectivity index (χ3v) is 10.5. The fourth-order valence-corrected chi connectivity index (χ4v) is 7.97. The predicted molar refractivity (Wildman–Crippen MR) is 140 cm³/mol. The Labute approximate surface area is 221 Å². The highest BCUT2D eigenvalue weighted by Crippen LogP contribution is 2.40. The van der Waals surface area contributed by atoms with E-state index in [4.69, 9.17) is 10.3 Å². The third-order valence-electron chi connectivity index (χ3n) is 5.53. The van der Waals surface area contributed by atoms with Crippen LogP contribution in [0, 0.1) is 0 Å². The van der Waals surface area contributed by atoms with Crippen LogP contribution in [0.2, 0.25) is 0 Å². The van der Waals surface area contributed by atoms with Crippen LogP contribution in [-0.4, -0.2) is 57.4 Å². The van der Waals surface area contributed by atoms with Gasteiger partial charge < -0.3 is 11.1 Å². The van der Waals surface area contributed by atoms with Gasteiger partial charge in [0.25, 0.3) is 10.1 Å². The maximum absolute atomic E-state index is 13.4. The van der Waals surface area contributed by atoms with Crippen molar-refractivity contribution in [2.45, 2.75) is 9.79 Å². The lowest BCUT2D eigenvalue weighted by atomic mass is 9.82. The Balaban J connectivity index is 1.82. The number of nitrogens with two attached hydrogens (primary N) is 1. The molecule has 4 rings (SSSR count). The summed E-state index contributed by atoms with van der Waals surface area (Å²) in [5.41, 5.74) is 4.48. The van der Waals surface area contributed by atoms with E-state index in [9.17, 15) is 39.4 Å². The van der Waals surface area contributed by atoms with Gasteiger partial charge in [0.05, 0.1) is 33.2 Å². The van der Waals surface area contributed by atoms with Gasteiger partial charge in [0, 0.05) is 22.6 Å². The van der Waals surface area contributed by atoms with Crippen molar-refractivity contribution in [3.63, 3.8) is 0 Å². The summed E-state index contributed by atoms with van der Waals surface area (Å²) in [6, 6.07) is 11.8. The molecule has 0 aliphatic heterocycles. The Morgan fingerprint density at radius 3 is 2.00 bits per heavy atom. The van der Waals surface area contributed by atoms with Gasteiger partial charge in [0.2, 0.25) is 0 Å². The van der Waals surface area contributed by atoms with Crippen molar-refractivity contribution >= 4 is 68.5 Å². The minimum absolute atomic E-state index is 0.00834. The van der Waals surface area contributed by atoms with Gasteiger partial charge in [0.1, 0.15) is 4.90 Å². The molecule has 200 valence electrons. The van der Waals surface area contributed by atoms with Gasteiger partial charge in [-0.1, -0.05) is 30.3 Å². The summed E-state index contributed by atoms with van der Waals surface area (Å²) in [4.78, 5) is 25.5. The number of carbonyl (C=O) groups is 2. The number of anilines is 3. The van der Waals surface area contributed by atoms with E-state index in [0.29, 0.717) is 0 Å². The van der Waals surface area contributed by atoms with Crippen LogP contribution in [0.25, 0.3) is 0 Å². The summed E-state index contributed by atoms with van der Waals surface area (Å²) in [5.74, 6) is -2.47. The number of benzene rings is 3. The van der Waals surface area contributed by atoms with Crippen LogP contribution in [0.5, 0.6) is 0 Å². The number of fused-ring (bicyclic) bond motifs is 2. The van der Waals surface area contributed by atoms with Crippen LogP contribution in [-0.2, 0) is 29.1 Å². The molecule has 1 aliphatic rings.